The normalized spacial score (nSPS) is 16.8. The van der Waals surface area contributed by atoms with E-state index < -0.39 is 0 Å². The minimum Gasteiger partial charge on any atom is -0.490 e. The molecule has 24 heavy (non-hydrogen) atoms. The first-order valence-corrected chi connectivity index (χ1v) is 8.46. The third-order valence-corrected chi connectivity index (χ3v) is 4.05. The van der Waals surface area contributed by atoms with Gasteiger partial charge in [0.1, 0.15) is 11.9 Å². The van der Waals surface area contributed by atoms with Gasteiger partial charge in [0.2, 0.25) is 0 Å². The predicted octanol–water partition coefficient (Wildman–Crippen LogP) is 3.49. The number of nitrogens with zero attached hydrogens (tertiary/aromatic N) is 1. The van der Waals surface area contributed by atoms with Crippen LogP contribution in [0.1, 0.15) is 31.9 Å². The predicted molar refractivity (Wildman–Crippen MR) is 99.3 cm³/mol. The van der Waals surface area contributed by atoms with Crippen molar-refractivity contribution in [3.05, 3.63) is 53.6 Å². The van der Waals surface area contributed by atoms with Crippen molar-refractivity contribution in [3.63, 3.8) is 0 Å². The van der Waals surface area contributed by atoms with Crippen LogP contribution in [0.3, 0.4) is 0 Å². The molecule has 1 heterocycles. The lowest BCUT2D eigenvalue weighted by atomic mass is 10.00. The van der Waals surface area contributed by atoms with Crippen molar-refractivity contribution in [1.82, 2.24) is 5.32 Å². The Morgan fingerprint density at radius 3 is 2.62 bits per heavy atom. The molecule has 0 spiro atoms. The van der Waals surface area contributed by atoms with Gasteiger partial charge in [-0.2, -0.15) is 0 Å². The van der Waals surface area contributed by atoms with E-state index >= 15 is 0 Å². The Labute approximate surface area is 143 Å². The summed E-state index contributed by atoms with van der Waals surface area (Å²) in [6, 6.07) is 15.2. The van der Waals surface area contributed by atoms with Crippen LogP contribution in [0.15, 0.2) is 47.5 Å². The molecule has 0 radical (unpaired) electrons. The van der Waals surface area contributed by atoms with Gasteiger partial charge in [0.25, 0.3) is 0 Å². The molecule has 1 aliphatic rings. The molecule has 0 bridgehead atoms. The lowest BCUT2D eigenvalue weighted by molar-refractivity contribution is 0.254. The van der Waals surface area contributed by atoms with Gasteiger partial charge < -0.3 is 15.8 Å². The number of hydrogen-bond donors (Lipinski definition) is 2. The Morgan fingerprint density at radius 2 is 1.92 bits per heavy atom. The standard InChI is InChI=1S/C20H25N3O/c1-13(2)23-20(21)22-12-15-4-6-16(7-5-15)17-8-9-19-18(11-17)10-14(3)24-19/h4-9,11,13-14H,10,12H2,1-3H3,(H3,21,22,23). The van der Waals surface area contributed by atoms with Gasteiger partial charge in [-0.3, -0.25) is 0 Å². The quantitative estimate of drug-likeness (QED) is 0.669. The van der Waals surface area contributed by atoms with Crippen LogP contribution in [0.4, 0.5) is 0 Å². The zero-order chi connectivity index (χ0) is 17.1. The number of ether oxygens (including phenoxy) is 1. The maximum atomic E-state index is 5.83. The summed E-state index contributed by atoms with van der Waals surface area (Å²) in [4.78, 5) is 4.36. The third kappa shape index (κ3) is 3.88. The first-order valence-electron chi connectivity index (χ1n) is 8.46. The van der Waals surface area contributed by atoms with E-state index in [0.29, 0.717) is 18.5 Å². The van der Waals surface area contributed by atoms with Crippen molar-refractivity contribution in [2.45, 2.75) is 45.9 Å². The number of rotatable bonds is 4. The van der Waals surface area contributed by atoms with Crippen molar-refractivity contribution in [2.24, 2.45) is 10.7 Å². The van der Waals surface area contributed by atoms with Crippen molar-refractivity contribution in [1.29, 1.82) is 0 Å². The molecule has 2 aromatic rings. The molecule has 0 aromatic heterocycles. The number of hydrogen-bond acceptors (Lipinski definition) is 2. The van der Waals surface area contributed by atoms with Gasteiger partial charge in [0, 0.05) is 12.5 Å². The van der Waals surface area contributed by atoms with Gasteiger partial charge in [0.05, 0.1) is 6.54 Å². The molecule has 2 aromatic carbocycles. The number of nitrogens with two attached hydrogens (primary N) is 1. The first-order chi connectivity index (χ1) is 11.5. The van der Waals surface area contributed by atoms with Crippen LogP contribution in [0.2, 0.25) is 0 Å². The summed E-state index contributed by atoms with van der Waals surface area (Å²) in [6.45, 7) is 6.77. The number of nitrogens with one attached hydrogen (secondary N) is 1. The second-order valence-electron chi connectivity index (χ2n) is 6.65. The fourth-order valence-electron chi connectivity index (χ4n) is 2.92. The Morgan fingerprint density at radius 1 is 1.21 bits per heavy atom. The number of benzene rings is 2. The highest BCUT2D eigenvalue weighted by atomic mass is 16.5. The Bertz CT molecular complexity index is 735. The Hall–Kier alpha value is -2.49. The lowest BCUT2D eigenvalue weighted by Gasteiger charge is -2.09. The van der Waals surface area contributed by atoms with Crippen LogP contribution in [-0.4, -0.2) is 18.1 Å². The molecule has 1 unspecified atom stereocenters. The van der Waals surface area contributed by atoms with Crippen LogP contribution in [0, 0.1) is 0 Å². The Balaban J connectivity index is 1.70. The molecule has 0 saturated carbocycles. The summed E-state index contributed by atoms with van der Waals surface area (Å²) in [5, 5.41) is 3.09. The fraction of sp³-hybridized carbons (Fsp3) is 0.350. The Kier molecular flexibility index (Phi) is 4.74. The topological polar surface area (TPSA) is 59.6 Å². The van der Waals surface area contributed by atoms with E-state index in [4.69, 9.17) is 10.5 Å². The summed E-state index contributed by atoms with van der Waals surface area (Å²) < 4.78 is 5.77. The van der Waals surface area contributed by atoms with Gasteiger partial charge in [0.15, 0.2) is 5.96 Å². The molecular weight excluding hydrogens is 298 g/mol. The van der Waals surface area contributed by atoms with E-state index in [1.807, 2.05) is 13.8 Å². The van der Waals surface area contributed by atoms with E-state index in [-0.39, 0.29) is 6.10 Å². The SMILES string of the molecule is CC(C)NC(N)=NCc1ccc(-c2ccc3c(c2)CC(C)O3)cc1. The molecule has 0 amide bonds. The summed E-state index contributed by atoms with van der Waals surface area (Å²) in [5.74, 6) is 1.51. The van der Waals surface area contributed by atoms with Crippen LogP contribution in [0.25, 0.3) is 11.1 Å². The van der Waals surface area contributed by atoms with E-state index in [1.54, 1.807) is 0 Å². The number of fused-ring (bicyclic) bond motifs is 1. The highest BCUT2D eigenvalue weighted by molar-refractivity contribution is 5.78. The van der Waals surface area contributed by atoms with Gasteiger partial charge >= 0.3 is 0 Å². The second kappa shape index (κ2) is 6.95. The van der Waals surface area contributed by atoms with E-state index in [9.17, 15) is 0 Å². The van der Waals surface area contributed by atoms with Crippen LogP contribution < -0.4 is 15.8 Å². The van der Waals surface area contributed by atoms with Crippen LogP contribution in [0.5, 0.6) is 5.75 Å². The van der Waals surface area contributed by atoms with Crippen molar-refractivity contribution < 1.29 is 4.74 Å². The highest BCUT2D eigenvalue weighted by Crippen LogP contribution is 2.32. The number of guanidine groups is 1. The third-order valence-electron chi connectivity index (χ3n) is 4.05. The molecule has 4 nitrogen and oxygen atoms in total. The van der Waals surface area contributed by atoms with Crippen molar-refractivity contribution >= 4 is 5.96 Å². The van der Waals surface area contributed by atoms with E-state index in [1.165, 1.54) is 16.7 Å². The molecule has 126 valence electrons. The molecule has 0 fully saturated rings. The lowest BCUT2D eigenvalue weighted by Crippen LogP contribution is -2.36. The maximum Gasteiger partial charge on any atom is 0.189 e. The largest absolute Gasteiger partial charge is 0.490 e. The summed E-state index contributed by atoms with van der Waals surface area (Å²) in [7, 11) is 0. The highest BCUT2D eigenvalue weighted by Gasteiger charge is 2.19. The van der Waals surface area contributed by atoms with Crippen LogP contribution >= 0.6 is 0 Å². The average Bonchev–Trinajstić information content (AvgIpc) is 2.92. The fourth-order valence-corrected chi connectivity index (χ4v) is 2.92. The molecule has 3 rings (SSSR count). The first kappa shape index (κ1) is 16.4. The summed E-state index contributed by atoms with van der Waals surface area (Å²) in [6.07, 6.45) is 1.26. The average molecular weight is 323 g/mol. The molecule has 1 aliphatic heterocycles. The summed E-state index contributed by atoms with van der Waals surface area (Å²) >= 11 is 0. The van der Waals surface area contributed by atoms with E-state index in [0.717, 1.165) is 17.7 Å². The minimum atomic E-state index is 0.278. The monoisotopic (exact) mass is 323 g/mol. The minimum absolute atomic E-state index is 0.278. The van der Waals surface area contributed by atoms with E-state index in [2.05, 4.69) is 59.7 Å². The van der Waals surface area contributed by atoms with Gasteiger partial charge in [-0.1, -0.05) is 30.3 Å². The molecular formula is C20H25N3O. The second-order valence-corrected chi connectivity index (χ2v) is 6.65. The molecule has 0 saturated heterocycles. The molecule has 3 N–H and O–H groups in total. The van der Waals surface area contributed by atoms with Gasteiger partial charge in [-0.25, -0.2) is 4.99 Å². The van der Waals surface area contributed by atoms with Gasteiger partial charge in [-0.15, -0.1) is 0 Å². The van der Waals surface area contributed by atoms with Crippen LogP contribution in [-0.2, 0) is 13.0 Å². The molecule has 0 aliphatic carbocycles. The van der Waals surface area contributed by atoms with Crippen molar-refractivity contribution in [3.8, 4) is 16.9 Å². The summed E-state index contributed by atoms with van der Waals surface area (Å²) in [5.41, 5.74) is 10.7. The smallest absolute Gasteiger partial charge is 0.189 e. The molecule has 1 atom stereocenters. The zero-order valence-corrected chi connectivity index (χ0v) is 14.5. The maximum absolute atomic E-state index is 5.83. The zero-order valence-electron chi connectivity index (χ0n) is 14.5. The van der Waals surface area contributed by atoms with Crippen molar-refractivity contribution in [2.75, 3.05) is 0 Å². The van der Waals surface area contributed by atoms with Gasteiger partial charge in [-0.05, 0) is 55.2 Å². The number of aliphatic imine (C=N–C) groups is 1. The molecule has 4 heteroatoms.